The third kappa shape index (κ3) is 7.32. The number of nitrogens with zero attached hydrogens (tertiary/aromatic N) is 2. The predicted molar refractivity (Wildman–Crippen MR) is 102 cm³/mol. The van der Waals surface area contributed by atoms with E-state index in [4.69, 9.17) is 9.47 Å². The van der Waals surface area contributed by atoms with Crippen LogP contribution in [-0.2, 0) is 4.74 Å². The Kier molecular flexibility index (Phi) is 8.55. The molecule has 0 saturated carbocycles. The lowest BCUT2D eigenvalue weighted by molar-refractivity contribution is 0.128. The Morgan fingerprint density at radius 1 is 1.28 bits per heavy atom. The number of hydrogen-bond donors (Lipinski definition) is 2. The lowest BCUT2D eigenvalue weighted by Gasteiger charge is -2.33. The number of hydrogen-bond acceptors (Lipinski definition) is 4. The maximum atomic E-state index is 5.89. The average molecular weight is 348 g/mol. The number of rotatable bonds is 8. The van der Waals surface area contributed by atoms with Crippen molar-refractivity contribution in [2.75, 3.05) is 46.9 Å². The SMILES string of the molecule is CN=C(NCC(C)Oc1ccccc1)NC1CCN(CCOC)CC1. The van der Waals surface area contributed by atoms with Crippen LogP contribution in [0.1, 0.15) is 19.8 Å². The monoisotopic (exact) mass is 348 g/mol. The Bertz CT molecular complexity index is 501. The highest BCUT2D eigenvalue weighted by molar-refractivity contribution is 5.80. The summed E-state index contributed by atoms with van der Waals surface area (Å²) in [6.07, 6.45) is 2.32. The molecule has 0 aliphatic carbocycles. The lowest BCUT2D eigenvalue weighted by Crippen LogP contribution is -2.50. The summed E-state index contributed by atoms with van der Waals surface area (Å²) in [4.78, 5) is 6.79. The largest absolute Gasteiger partial charge is 0.489 e. The molecule has 1 aliphatic rings. The molecule has 1 atom stereocenters. The third-order valence-electron chi connectivity index (χ3n) is 4.40. The van der Waals surface area contributed by atoms with E-state index >= 15 is 0 Å². The summed E-state index contributed by atoms with van der Waals surface area (Å²) in [5.74, 6) is 1.74. The van der Waals surface area contributed by atoms with Crippen LogP contribution in [-0.4, -0.2) is 69.9 Å². The molecule has 140 valence electrons. The molecule has 1 aliphatic heterocycles. The molecule has 0 aromatic heterocycles. The standard InChI is InChI=1S/C19H32N4O2/c1-16(25-18-7-5-4-6-8-18)15-21-19(20-2)22-17-9-11-23(12-10-17)13-14-24-3/h4-8,16-17H,9-15H2,1-3H3,(H2,20,21,22). The van der Waals surface area contributed by atoms with Crippen LogP contribution in [0.3, 0.4) is 0 Å². The lowest BCUT2D eigenvalue weighted by atomic mass is 10.1. The second-order valence-electron chi connectivity index (χ2n) is 6.45. The molecule has 2 rings (SSSR count). The number of nitrogens with one attached hydrogen (secondary N) is 2. The van der Waals surface area contributed by atoms with Crippen molar-refractivity contribution in [3.8, 4) is 5.75 Å². The van der Waals surface area contributed by atoms with Crippen LogP contribution in [0.5, 0.6) is 5.75 Å². The van der Waals surface area contributed by atoms with Gasteiger partial charge in [-0.1, -0.05) is 18.2 Å². The van der Waals surface area contributed by atoms with Gasteiger partial charge in [-0.3, -0.25) is 4.99 Å². The van der Waals surface area contributed by atoms with Crippen LogP contribution in [0, 0.1) is 0 Å². The van der Waals surface area contributed by atoms with Crippen molar-refractivity contribution in [2.24, 2.45) is 4.99 Å². The van der Waals surface area contributed by atoms with Gasteiger partial charge in [0.15, 0.2) is 5.96 Å². The minimum atomic E-state index is 0.0665. The Morgan fingerprint density at radius 2 is 2.00 bits per heavy atom. The van der Waals surface area contributed by atoms with Gasteiger partial charge < -0.3 is 25.0 Å². The number of guanidine groups is 1. The Hall–Kier alpha value is -1.79. The van der Waals surface area contributed by atoms with Gasteiger partial charge in [-0.2, -0.15) is 0 Å². The highest BCUT2D eigenvalue weighted by Gasteiger charge is 2.19. The van der Waals surface area contributed by atoms with Crippen molar-refractivity contribution in [1.29, 1.82) is 0 Å². The van der Waals surface area contributed by atoms with E-state index in [0.29, 0.717) is 12.6 Å². The number of para-hydroxylation sites is 1. The van der Waals surface area contributed by atoms with Crippen LogP contribution in [0.4, 0.5) is 0 Å². The Balaban J connectivity index is 1.67. The summed E-state index contributed by atoms with van der Waals surface area (Å²) < 4.78 is 11.0. The van der Waals surface area contributed by atoms with E-state index in [2.05, 4.69) is 27.4 Å². The van der Waals surface area contributed by atoms with Crippen LogP contribution >= 0.6 is 0 Å². The molecule has 1 aromatic carbocycles. The fraction of sp³-hybridized carbons (Fsp3) is 0.632. The molecule has 0 amide bonds. The molecule has 6 heteroatoms. The fourth-order valence-corrected chi connectivity index (χ4v) is 2.92. The fourth-order valence-electron chi connectivity index (χ4n) is 2.92. The molecule has 2 N–H and O–H groups in total. The Labute approximate surface area is 151 Å². The molecule has 1 fully saturated rings. The van der Waals surface area contributed by atoms with E-state index in [1.54, 1.807) is 7.11 Å². The summed E-state index contributed by atoms with van der Waals surface area (Å²) in [6.45, 7) is 6.80. The van der Waals surface area contributed by atoms with Crippen molar-refractivity contribution < 1.29 is 9.47 Å². The molecular formula is C19H32N4O2. The maximum absolute atomic E-state index is 5.89. The number of benzene rings is 1. The van der Waals surface area contributed by atoms with Crippen LogP contribution in [0.2, 0.25) is 0 Å². The number of methoxy groups -OCH3 is 1. The summed E-state index contributed by atoms with van der Waals surface area (Å²) >= 11 is 0. The first kappa shape index (κ1) is 19.5. The minimum absolute atomic E-state index is 0.0665. The van der Waals surface area contributed by atoms with E-state index < -0.39 is 0 Å². The molecule has 0 bridgehead atoms. The van der Waals surface area contributed by atoms with Gasteiger partial charge in [0.1, 0.15) is 11.9 Å². The first-order valence-corrected chi connectivity index (χ1v) is 9.11. The molecule has 1 unspecified atom stereocenters. The zero-order valence-electron chi connectivity index (χ0n) is 15.7. The zero-order valence-corrected chi connectivity index (χ0v) is 15.7. The second kappa shape index (κ2) is 10.9. The summed E-state index contributed by atoms with van der Waals surface area (Å²) in [5, 5.41) is 6.89. The quantitative estimate of drug-likeness (QED) is 0.553. The van der Waals surface area contributed by atoms with Gasteiger partial charge in [0.05, 0.1) is 13.2 Å². The number of aliphatic imine (C=N–C) groups is 1. The number of piperidine rings is 1. The molecule has 0 spiro atoms. The van der Waals surface area contributed by atoms with E-state index in [9.17, 15) is 0 Å². The second-order valence-corrected chi connectivity index (χ2v) is 6.45. The van der Waals surface area contributed by atoms with Crippen molar-refractivity contribution in [1.82, 2.24) is 15.5 Å². The van der Waals surface area contributed by atoms with Crippen molar-refractivity contribution in [3.05, 3.63) is 30.3 Å². The summed E-state index contributed by atoms with van der Waals surface area (Å²) in [7, 11) is 3.57. The van der Waals surface area contributed by atoms with Gasteiger partial charge >= 0.3 is 0 Å². The van der Waals surface area contributed by atoms with E-state index in [1.807, 2.05) is 37.4 Å². The van der Waals surface area contributed by atoms with Crippen LogP contribution in [0.15, 0.2) is 35.3 Å². The topological polar surface area (TPSA) is 58.1 Å². The molecule has 6 nitrogen and oxygen atoms in total. The number of ether oxygens (including phenoxy) is 2. The van der Waals surface area contributed by atoms with Gasteiger partial charge in [0, 0.05) is 39.8 Å². The molecule has 1 saturated heterocycles. The van der Waals surface area contributed by atoms with Crippen molar-refractivity contribution in [3.63, 3.8) is 0 Å². The van der Waals surface area contributed by atoms with E-state index in [1.165, 1.54) is 0 Å². The van der Waals surface area contributed by atoms with E-state index in [0.717, 1.165) is 50.8 Å². The first-order chi connectivity index (χ1) is 12.2. The van der Waals surface area contributed by atoms with Crippen LogP contribution in [0.25, 0.3) is 0 Å². The first-order valence-electron chi connectivity index (χ1n) is 9.11. The van der Waals surface area contributed by atoms with Gasteiger partial charge in [0.2, 0.25) is 0 Å². The van der Waals surface area contributed by atoms with Crippen LogP contribution < -0.4 is 15.4 Å². The molecular weight excluding hydrogens is 316 g/mol. The third-order valence-corrected chi connectivity index (χ3v) is 4.40. The molecule has 1 heterocycles. The normalized spacial score (nSPS) is 18.0. The average Bonchev–Trinajstić information content (AvgIpc) is 2.65. The smallest absolute Gasteiger partial charge is 0.191 e. The van der Waals surface area contributed by atoms with Gasteiger partial charge in [-0.15, -0.1) is 0 Å². The summed E-state index contributed by atoms with van der Waals surface area (Å²) in [6, 6.07) is 10.4. The Morgan fingerprint density at radius 3 is 2.64 bits per heavy atom. The van der Waals surface area contributed by atoms with Crippen molar-refractivity contribution in [2.45, 2.75) is 31.9 Å². The molecule has 25 heavy (non-hydrogen) atoms. The molecule has 1 aromatic rings. The minimum Gasteiger partial charge on any atom is -0.489 e. The zero-order chi connectivity index (χ0) is 17.9. The van der Waals surface area contributed by atoms with Crippen molar-refractivity contribution >= 4 is 5.96 Å². The van der Waals surface area contributed by atoms with Gasteiger partial charge in [-0.25, -0.2) is 0 Å². The highest BCUT2D eigenvalue weighted by atomic mass is 16.5. The predicted octanol–water partition coefficient (Wildman–Crippen LogP) is 1.73. The number of likely N-dealkylation sites (tertiary alicyclic amines) is 1. The van der Waals surface area contributed by atoms with Gasteiger partial charge in [0.25, 0.3) is 0 Å². The summed E-state index contributed by atoms with van der Waals surface area (Å²) in [5.41, 5.74) is 0. The highest BCUT2D eigenvalue weighted by Crippen LogP contribution is 2.11. The van der Waals surface area contributed by atoms with Gasteiger partial charge in [-0.05, 0) is 31.9 Å². The van der Waals surface area contributed by atoms with E-state index in [-0.39, 0.29) is 6.10 Å². The maximum Gasteiger partial charge on any atom is 0.191 e. The molecule has 0 radical (unpaired) electrons.